The van der Waals surface area contributed by atoms with Gasteiger partial charge in [0.2, 0.25) is 0 Å². The van der Waals surface area contributed by atoms with E-state index >= 15 is 0 Å². The van der Waals surface area contributed by atoms with E-state index < -0.39 is 0 Å². The van der Waals surface area contributed by atoms with Crippen molar-refractivity contribution in [1.82, 2.24) is 4.98 Å². The highest BCUT2D eigenvalue weighted by atomic mass is 32.1. The summed E-state index contributed by atoms with van der Waals surface area (Å²) in [7, 11) is 0. The fourth-order valence-electron chi connectivity index (χ4n) is 6.27. The highest BCUT2D eigenvalue weighted by Gasteiger charge is 2.18. The van der Waals surface area contributed by atoms with Crippen LogP contribution in [0.1, 0.15) is 0 Å². The maximum atomic E-state index is 5.45. The molecule has 0 saturated carbocycles. The number of nitrogens with zero attached hydrogens (tertiary/aromatic N) is 1. The fourth-order valence-corrected chi connectivity index (χ4v) is 8.53. The Morgan fingerprint density at radius 3 is 1.95 bits per heavy atom. The Kier molecular flexibility index (Phi) is 4.71. The molecule has 6 aromatic carbocycles. The van der Waals surface area contributed by atoms with Gasteiger partial charge in [-0.2, -0.15) is 0 Å². The highest BCUT2D eigenvalue weighted by molar-refractivity contribution is 7.26. The Hall–Kier alpha value is -4.57. The van der Waals surface area contributed by atoms with Gasteiger partial charge < -0.3 is 0 Å². The maximum absolute atomic E-state index is 5.45. The van der Waals surface area contributed by atoms with Gasteiger partial charge in [-0.1, -0.05) is 103 Å². The van der Waals surface area contributed by atoms with Crippen molar-refractivity contribution in [1.29, 1.82) is 0 Å². The summed E-state index contributed by atoms with van der Waals surface area (Å²) in [6, 6.07) is 46.3. The molecule has 3 aromatic heterocycles. The molecule has 186 valence electrons. The van der Waals surface area contributed by atoms with Crippen molar-refractivity contribution in [2.24, 2.45) is 0 Å². The Labute approximate surface area is 238 Å². The zero-order chi connectivity index (χ0) is 26.2. The second kappa shape index (κ2) is 8.46. The largest absolute Gasteiger partial charge is 0.246 e. The Morgan fingerprint density at radius 1 is 0.400 bits per heavy atom. The van der Waals surface area contributed by atoms with E-state index in [1.54, 1.807) is 0 Å². The van der Waals surface area contributed by atoms with Crippen LogP contribution in [0.15, 0.2) is 127 Å². The van der Waals surface area contributed by atoms with Crippen molar-refractivity contribution in [3.63, 3.8) is 0 Å². The first-order valence-electron chi connectivity index (χ1n) is 13.5. The molecule has 3 heteroatoms. The van der Waals surface area contributed by atoms with Gasteiger partial charge in [0, 0.05) is 67.6 Å². The van der Waals surface area contributed by atoms with Crippen molar-refractivity contribution < 1.29 is 0 Å². The first kappa shape index (κ1) is 22.3. The normalized spacial score (nSPS) is 12.0. The minimum Gasteiger partial charge on any atom is -0.246 e. The monoisotopic (exact) mass is 543 g/mol. The molecule has 0 unspecified atom stereocenters. The van der Waals surface area contributed by atoms with Crippen LogP contribution in [-0.4, -0.2) is 4.98 Å². The summed E-state index contributed by atoms with van der Waals surface area (Å²) in [6.45, 7) is 0. The molecule has 0 aliphatic carbocycles. The summed E-state index contributed by atoms with van der Waals surface area (Å²) in [5.41, 5.74) is 5.61. The number of hydrogen-bond donors (Lipinski definition) is 0. The lowest BCUT2D eigenvalue weighted by Crippen LogP contribution is -1.92. The lowest BCUT2D eigenvalue weighted by Gasteiger charge is -2.14. The van der Waals surface area contributed by atoms with Crippen LogP contribution in [0.2, 0.25) is 0 Å². The average molecular weight is 544 g/mol. The van der Waals surface area contributed by atoms with Gasteiger partial charge in [-0.05, 0) is 29.8 Å². The SMILES string of the molecule is c1ccc(-c2nc3c(-c4ccc5c(c4)sc4ccccc45)cccc3c3c2ccc2sc4ccccc4c23)cc1. The molecule has 0 radical (unpaired) electrons. The van der Waals surface area contributed by atoms with E-state index in [0.717, 1.165) is 16.8 Å². The molecule has 0 saturated heterocycles. The number of para-hydroxylation sites is 1. The average Bonchev–Trinajstić information content (AvgIpc) is 3.58. The van der Waals surface area contributed by atoms with E-state index in [2.05, 4.69) is 127 Å². The molecule has 9 aromatic rings. The van der Waals surface area contributed by atoms with Crippen LogP contribution in [0.5, 0.6) is 0 Å². The molecule has 0 N–H and O–H groups in total. The van der Waals surface area contributed by atoms with E-state index in [4.69, 9.17) is 4.98 Å². The van der Waals surface area contributed by atoms with Gasteiger partial charge in [-0.15, -0.1) is 22.7 Å². The molecule has 0 fully saturated rings. The molecule has 0 atom stereocenters. The van der Waals surface area contributed by atoms with Crippen LogP contribution in [0, 0.1) is 0 Å². The lowest BCUT2D eigenvalue weighted by molar-refractivity contribution is 1.43. The van der Waals surface area contributed by atoms with Gasteiger partial charge in [-0.25, -0.2) is 4.98 Å². The third-order valence-electron chi connectivity index (χ3n) is 8.06. The lowest BCUT2D eigenvalue weighted by atomic mass is 9.93. The van der Waals surface area contributed by atoms with E-state index in [-0.39, 0.29) is 0 Å². The van der Waals surface area contributed by atoms with Crippen LogP contribution in [0.3, 0.4) is 0 Å². The Balaban J connectivity index is 1.43. The number of fused-ring (bicyclic) bond motifs is 10. The third-order valence-corrected chi connectivity index (χ3v) is 10.3. The summed E-state index contributed by atoms with van der Waals surface area (Å²) in [5.74, 6) is 0. The van der Waals surface area contributed by atoms with E-state index in [0.29, 0.717) is 0 Å². The summed E-state index contributed by atoms with van der Waals surface area (Å²) < 4.78 is 5.28. The van der Waals surface area contributed by atoms with Crippen LogP contribution in [0.25, 0.3) is 84.4 Å². The third kappa shape index (κ3) is 3.16. The topological polar surface area (TPSA) is 12.9 Å². The number of benzene rings is 6. The van der Waals surface area contributed by atoms with Gasteiger partial charge in [0.05, 0.1) is 11.2 Å². The van der Waals surface area contributed by atoms with Gasteiger partial charge in [0.25, 0.3) is 0 Å². The van der Waals surface area contributed by atoms with Crippen molar-refractivity contribution in [3.05, 3.63) is 127 Å². The minimum atomic E-state index is 1.04. The first-order chi connectivity index (χ1) is 19.8. The van der Waals surface area contributed by atoms with Crippen molar-refractivity contribution >= 4 is 84.7 Å². The molecule has 0 spiro atoms. The number of pyridine rings is 1. The standard InChI is InChI=1S/C37H21NS2/c1-2-9-22(10-3-1)36-29-19-20-32-35(27-12-5-7-16-31(27)39-32)34(29)28-14-8-13-24(37(28)38-36)23-17-18-26-25-11-4-6-15-30(25)40-33(26)21-23/h1-21H. The molecule has 0 aliphatic heterocycles. The number of thiophene rings is 2. The van der Waals surface area contributed by atoms with Crippen LogP contribution in [-0.2, 0) is 0 Å². The zero-order valence-corrected chi connectivity index (χ0v) is 23.0. The van der Waals surface area contributed by atoms with Gasteiger partial charge >= 0.3 is 0 Å². The molecular weight excluding hydrogens is 523 g/mol. The molecule has 9 rings (SSSR count). The molecule has 3 heterocycles. The molecule has 0 amide bonds. The highest BCUT2D eigenvalue weighted by Crippen LogP contribution is 2.45. The zero-order valence-electron chi connectivity index (χ0n) is 21.4. The number of rotatable bonds is 2. The molecule has 40 heavy (non-hydrogen) atoms. The summed E-state index contributed by atoms with van der Waals surface area (Å²) >= 11 is 3.74. The smallest absolute Gasteiger partial charge is 0.0794 e. The summed E-state index contributed by atoms with van der Waals surface area (Å²) in [5, 5.41) is 9.00. The fraction of sp³-hybridized carbons (Fsp3) is 0. The molecular formula is C37H21NS2. The number of aromatic nitrogens is 1. The van der Waals surface area contributed by atoms with Gasteiger partial charge in [-0.3, -0.25) is 0 Å². The predicted octanol–water partition coefficient (Wildman–Crippen LogP) is 11.5. The van der Waals surface area contributed by atoms with Crippen LogP contribution in [0.4, 0.5) is 0 Å². The quantitative estimate of drug-likeness (QED) is 0.198. The minimum absolute atomic E-state index is 1.04. The molecule has 1 nitrogen and oxygen atoms in total. The Bertz CT molecular complexity index is 2430. The van der Waals surface area contributed by atoms with Gasteiger partial charge in [0.1, 0.15) is 0 Å². The van der Waals surface area contributed by atoms with Crippen LogP contribution >= 0.6 is 22.7 Å². The van der Waals surface area contributed by atoms with Crippen molar-refractivity contribution in [3.8, 4) is 22.4 Å². The van der Waals surface area contributed by atoms with E-state index in [9.17, 15) is 0 Å². The van der Waals surface area contributed by atoms with Crippen molar-refractivity contribution in [2.75, 3.05) is 0 Å². The second-order valence-corrected chi connectivity index (χ2v) is 12.5. The molecule has 0 aliphatic rings. The van der Waals surface area contributed by atoms with Gasteiger partial charge in [0.15, 0.2) is 0 Å². The predicted molar refractivity (Wildman–Crippen MR) is 176 cm³/mol. The van der Waals surface area contributed by atoms with Crippen LogP contribution < -0.4 is 0 Å². The summed E-state index contributed by atoms with van der Waals surface area (Å²) in [6.07, 6.45) is 0. The van der Waals surface area contributed by atoms with E-state index in [1.165, 1.54) is 67.6 Å². The van der Waals surface area contributed by atoms with E-state index in [1.807, 2.05) is 22.7 Å². The Morgan fingerprint density at radius 2 is 1.07 bits per heavy atom. The first-order valence-corrected chi connectivity index (χ1v) is 15.1. The molecule has 0 bridgehead atoms. The maximum Gasteiger partial charge on any atom is 0.0794 e. The second-order valence-electron chi connectivity index (χ2n) is 10.3. The number of hydrogen-bond acceptors (Lipinski definition) is 3. The summed E-state index contributed by atoms with van der Waals surface area (Å²) in [4.78, 5) is 5.45. The van der Waals surface area contributed by atoms with Crippen molar-refractivity contribution in [2.45, 2.75) is 0 Å².